The van der Waals surface area contributed by atoms with Crippen molar-refractivity contribution in [1.29, 1.82) is 0 Å². The second-order valence-corrected chi connectivity index (χ2v) is 4.75. The summed E-state index contributed by atoms with van der Waals surface area (Å²) in [5.41, 5.74) is 1.34. The molecule has 0 saturated heterocycles. The lowest BCUT2D eigenvalue weighted by Crippen LogP contribution is -2.09. The molecular formula is C13H16N2OS. The highest BCUT2D eigenvalue weighted by atomic mass is 32.1. The summed E-state index contributed by atoms with van der Waals surface area (Å²) in [7, 11) is 1.63. The van der Waals surface area contributed by atoms with Crippen molar-refractivity contribution in [3.8, 4) is 5.88 Å². The molecule has 0 aliphatic heterocycles. The molecule has 1 unspecified atom stereocenters. The Bertz CT molecular complexity index is 455. The number of hydrogen-bond donors (Lipinski definition) is 1. The predicted octanol–water partition coefficient (Wildman–Crippen LogP) is 3.37. The van der Waals surface area contributed by atoms with Gasteiger partial charge in [0.2, 0.25) is 5.88 Å². The van der Waals surface area contributed by atoms with Gasteiger partial charge in [-0.2, -0.15) is 4.98 Å². The molecule has 17 heavy (non-hydrogen) atoms. The van der Waals surface area contributed by atoms with Crippen molar-refractivity contribution in [2.75, 3.05) is 19.0 Å². The summed E-state index contributed by atoms with van der Waals surface area (Å²) in [4.78, 5) is 4.28. The van der Waals surface area contributed by atoms with Crippen molar-refractivity contribution >= 4 is 16.5 Å². The lowest BCUT2D eigenvalue weighted by Gasteiger charge is -2.11. The minimum Gasteiger partial charge on any atom is -0.480 e. The first-order chi connectivity index (χ1) is 8.29. The van der Waals surface area contributed by atoms with Crippen molar-refractivity contribution in [3.63, 3.8) is 0 Å². The van der Waals surface area contributed by atoms with E-state index in [0.29, 0.717) is 11.8 Å². The number of nitrogens with zero attached hydrogens (tertiary/aromatic N) is 1. The van der Waals surface area contributed by atoms with E-state index in [1.54, 1.807) is 18.4 Å². The Morgan fingerprint density at radius 2 is 2.12 bits per heavy atom. The average molecular weight is 248 g/mol. The quantitative estimate of drug-likeness (QED) is 0.881. The van der Waals surface area contributed by atoms with Crippen molar-refractivity contribution in [2.24, 2.45) is 0 Å². The molecule has 0 bridgehead atoms. The molecule has 1 atom stereocenters. The summed E-state index contributed by atoms with van der Waals surface area (Å²) in [5, 5.41) is 6.13. The molecule has 1 N–H and O–H groups in total. The largest absolute Gasteiger partial charge is 0.480 e. The van der Waals surface area contributed by atoms with Crippen molar-refractivity contribution in [3.05, 3.63) is 41.3 Å². The molecule has 90 valence electrons. The van der Waals surface area contributed by atoms with Gasteiger partial charge in [0.25, 0.3) is 0 Å². The maximum absolute atomic E-state index is 5.05. The number of ether oxygens (including phenoxy) is 1. The number of nitrogens with one attached hydrogen (secondary N) is 1. The van der Waals surface area contributed by atoms with Gasteiger partial charge >= 0.3 is 0 Å². The Morgan fingerprint density at radius 3 is 2.76 bits per heavy atom. The number of methoxy groups -OCH3 is 1. The number of benzene rings is 1. The third-order valence-electron chi connectivity index (χ3n) is 2.62. The second kappa shape index (κ2) is 5.68. The zero-order valence-electron chi connectivity index (χ0n) is 10.0. The van der Waals surface area contributed by atoms with E-state index in [-0.39, 0.29) is 0 Å². The average Bonchev–Trinajstić information content (AvgIpc) is 2.85. The number of aromatic nitrogens is 1. The minimum absolute atomic E-state index is 0.464. The highest BCUT2D eigenvalue weighted by Gasteiger charge is 2.06. The zero-order chi connectivity index (χ0) is 12.1. The van der Waals surface area contributed by atoms with E-state index < -0.39 is 0 Å². The van der Waals surface area contributed by atoms with Gasteiger partial charge in [0.15, 0.2) is 5.13 Å². The fourth-order valence-corrected chi connectivity index (χ4v) is 2.24. The first-order valence-corrected chi connectivity index (χ1v) is 6.46. The van der Waals surface area contributed by atoms with Gasteiger partial charge in [-0.25, -0.2) is 0 Å². The van der Waals surface area contributed by atoms with Crippen LogP contribution in [0.4, 0.5) is 5.13 Å². The third-order valence-corrected chi connectivity index (χ3v) is 3.40. The van der Waals surface area contributed by atoms with Gasteiger partial charge in [-0.15, -0.1) is 11.3 Å². The number of rotatable bonds is 5. The van der Waals surface area contributed by atoms with Crippen LogP contribution in [0.5, 0.6) is 5.88 Å². The van der Waals surface area contributed by atoms with E-state index in [1.165, 1.54) is 5.56 Å². The van der Waals surface area contributed by atoms with E-state index in [0.717, 1.165) is 11.7 Å². The predicted molar refractivity (Wildman–Crippen MR) is 72.0 cm³/mol. The highest BCUT2D eigenvalue weighted by molar-refractivity contribution is 7.13. The summed E-state index contributed by atoms with van der Waals surface area (Å²) in [6.45, 7) is 3.08. The molecule has 1 heterocycles. The first-order valence-electron chi connectivity index (χ1n) is 5.58. The molecule has 0 saturated carbocycles. The van der Waals surface area contributed by atoms with Crippen LogP contribution in [0.1, 0.15) is 18.4 Å². The smallest absolute Gasteiger partial charge is 0.226 e. The maximum Gasteiger partial charge on any atom is 0.226 e. The maximum atomic E-state index is 5.05. The monoisotopic (exact) mass is 248 g/mol. The molecule has 1 aromatic heterocycles. The molecule has 2 rings (SSSR count). The lowest BCUT2D eigenvalue weighted by atomic mass is 10.0. The summed E-state index contributed by atoms with van der Waals surface area (Å²) < 4.78 is 5.05. The van der Waals surface area contributed by atoms with Crippen LogP contribution < -0.4 is 10.1 Å². The topological polar surface area (TPSA) is 34.1 Å². The van der Waals surface area contributed by atoms with Crippen LogP contribution in [0, 0.1) is 0 Å². The molecule has 0 aliphatic rings. The van der Waals surface area contributed by atoms with Crippen LogP contribution in [0.25, 0.3) is 0 Å². The molecule has 4 heteroatoms. The van der Waals surface area contributed by atoms with Gasteiger partial charge in [-0.05, 0) is 11.5 Å². The third kappa shape index (κ3) is 3.20. The molecular weight excluding hydrogens is 232 g/mol. The Morgan fingerprint density at radius 1 is 1.35 bits per heavy atom. The number of thiazole rings is 1. The molecule has 0 aliphatic carbocycles. The van der Waals surface area contributed by atoms with Gasteiger partial charge in [-0.3, -0.25) is 0 Å². The fourth-order valence-electron chi connectivity index (χ4n) is 1.57. The normalized spacial score (nSPS) is 12.1. The van der Waals surface area contributed by atoms with Gasteiger partial charge in [0.1, 0.15) is 0 Å². The number of hydrogen-bond acceptors (Lipinski definition) is 4. The Balaban J connectivity index is 1.90. The van der Waals surface area contributed by atoms with Crippen LogP contribution in [-0.2, 0) is 0 Å². The summed E-state index contributed by atoms with van der Waals surface area (Å²) in [6.07, 6.45) is 0. The van der Waals surface area contributed by atoms with E-state index in [4.69, 9.17) is 4.74 Å². The van der Waals surface area contributed by atoms with Crippen LogP contribution >= 0.6 is 11.3 Å². The Hall–Kier alpha value is -1.55. The molecule has 3 nitrogen and oxygen atoms in total. The van der Waals surface area contributed by atoms with E-state index in [9.17, 15) is 0 Å². The van der Waals surface area contributed by atoms with E-state index in [2.05, 4.69) is 41.5 Å². The molecule has 1 aromatic carbocycles. The van der Waals surface area contributed by atoms with Gasteiger partial charge in [-0.1, -0.05) is 37.3 Å². The summed E-state index contributed by atoms with van der Waals surface area (Å²) >= 11 is 1.56. The SMILES string of the molecule is COc1csc(NCC(C)c2ccccc2)n1. The molecule has 0 fully saturated rings. The van der Waals surface area contributed by atoms with Crippen molar-refractivity contribution in [2.45, 2.75) is 12.8 Å². The minimum atomic E-state index is 0.464. The van der Waals surface area contributed by atoms with E-state index >= 15 is 0 Å². The zero-order valence-corrected chi connectivity index (χ0v) is 10.8. The van der Waals surface area contributed by atoms with Crippen LogP contribution in [-0.4, -0.2) is 18.6 Å². The molecule has 0 amide bonds. The standard InChI is InChI=1S/C13H16N2OS/c1-10(11-6-4-3-5-7-11)8-14-13-15-12(16-2)9-17-13/h3-7,9-10H,8H2,1-2H3,(H,14,15). The van der Waals surface area contributed by atoms with Crippen molar-refractivity contribution in [1.82, 2.24) is 4.98 Å². The molecule has 0 spiro atoms. The molecule has 0 radical (unpaired) electrons. The second-order valence-electron chi connectivity index (χ2n) is 3.89. The summed E-state index contributed by atoms with van der Waals surface area (Å²) in [6, 6.07) is 10.5. The number of anilines is 1. The first kappa shape index (κ1) is 11.9. The van der Waals surface area contributed by atoms with Crippen LogP contribution in [0.15, 0.2) is 35.7 Å². The molecule has 2 aromatic rings. The lowest BCUT2D eigenvalue weighted by molar-refractivity contribution is 0.401. The van der Waals surface area contributed by atoms with Gasteiger partial charge in [0, 0.05) is 6.54 Å². The Kier molecular flexibility index (Phi) is 3.98. The summed E-state index contributed by atoms with van der Waals surface area (Å²) in [5.74, 6) is 1.14. The van der Waals surface area contributed by atoms with Gasteiger partial charge < -0.3 is 10.1 Å². The highest BCUT2D eigenvalue weighted by Crippen LogP contribution is 2.22. The van der Waals surface area contributed by atoms with Crippen LogP contribution in [0.2, 0.25) is 0 Å². The van der Waals surface area contributed by atoms with Gasteiger partial charge in [0.05, 0.1) is 12.5 Å². The fraction of sp³-hybridized carbons (Fsp3) is 0.308. The van der Waals surface area contributed by atoms with Crippen molar-refractivity contribution < 1.29 is 4.74 Å². The van der Waals surface area contributed by atoms with Crippen LogP contribution in [0.3, 0.4) is 0 Å². The Labute approximate surface area is 105 Å². The van der Waals surface area contributed by atoms with E-state index in [1.807, 2.05) is 11.4 Å².